The van der Waals surface area contributed by atoms with E-state index >= 15 is 0 Å². The molecule has 1 atom stereocenters. The average Bonchev–Trinajstić information content (AvgIpc) is 2.53. The molecule has 0 bridgehead atoms. The van der Waals surface area contributed by atoms with Gasteiger partial charge in [-0.25, -0.2) is 0 Å². The summed E-state index contributed by atoms with van der Waals surface area (Å²) in [5.41, 5.74) is 0. The number of hydrogen-bond acceptors (Lipinski definition) is 3. The van der Waals surface area contributed by atoms with Gasteiger partial charge in [-0.15, -0.1) is 0 Å². The fourth-order valence-corrected chi connectivity index (χ4v) is 2.11. The van der Waals surface area contributed by atoms with Gasteiger partial charge in [0.25, 0.3) is 0 Å². The SMILES string of the molecule is CSCCNC1CCN(C(C)C)C1. The van der Waals surface area contributed by atoms with Crippen molar-refractivity contribution in [3.63, 3.8) is 0 Å². The topological polar surface area (TPSA) is 15.3 Å². The minimum atomic E-state index is 0.715. The van der Waals surface area contributed by atoms with Gasteiger partial charge < -0.3 is 5.32 Å². The molecule has 0 amide bonds. The van der Waals surface area contributed by atoms with Gasteiger partial charge in [0.1, 0.15) is 0 Å². The van der Waals surface area contributed by atoms with Crippen LogP contribution in [0, 0.1) is 0 Å². The predicted molar refractivity (Wildman–Crippen MR) is 61.5 cm³/mol. The second-order valence-electron chi connectivity index (χ2n) is 4.02. The van der Waals surface area contributed by atoms with Gasteiger partial charge >= 0.3 is 0 Å². The van der Waals surface area contributed by atoms with Crippen LogP contribution in [0.4, 0.5) is 0 Å². The van der Waals surface area contributed by atoms with Crippen LogP contribution in [0.25, 0.3) is 0 Å². The van der Waals surface area contributed by atoms with Crippen LogP contribution in [0.15, 0.2) is 0 Å². The molecular weight excluding hydrogens is 180 g/mol. The Bertz CT molecular complexity index is 139. The lowest BCUT2D eigenvalue weighted by Gasteiger charge is -2.20. The van der Waals surface area contributed by atoms with Crippen molar-refractivity contribution in [1.82, 2.24) is 10.2 Å². The maximum Gasteiger partial charge on any atom is 0.0207 e. The van der Waals surface area contributed by atoms with E-state index in [1.807, 2.05) is 11.8 Å². The van der Waals surface area contributed by atoms with Crippen molar-refractivity contribution in [3.8, 4) is 0 Å². The number of nitrogens with zero attached hydrogens (tertiary/aromatic N) is 1. The second kappa shape index (κ2) is 5.89. The molecule has 1 heterocycles. The molecule has 0 aromatic rings. The van der Waals surface area contributed by atoms with Crippen molar-refractivity contribution in [2.75, 3.05) is 31.6 Å². The number of rotatable bonds is 5. The first-order valence-electron chi connectivity index (χ1n) is 5.20. The molecule has 0 spiro atoms. The Morgan fingerprint density at radius 3 is 2.85 bits per heavy atom. The summed E-state index contributed by atoms with van der Waals surface area (Å²) in [6.45, 7) is 8.24. The highest BCUT2D eigenvalue weighted by atomic mass is 32.2. The van der Waals surface area contributed by atoms with Gasteiger partial charge in [0.2, 0.25) is 0 Å². The van der Waals surface area contributed by atoms with E-state index in [-0.39, 0.29) is 0 Å². The molecule has 1 aliphatic heterocycles. The van der Waals surface area contributed by atoms with Gasteiger partial charge in [-0.05, 0) is 33.1 Å². The quantitative estimate of drug-likeness (QED) is 0.679. The molecule has 1 saturated heterocycles. The molecule has 13 heavy (non-hydrogen) atoms. The molecule has 1 unspecified atom stereocenters. The fraction of sp³-hybridized carbons (Fsp3) is 1.00. The third-order valence-electron chi connectivity index (χ3n) is 2.69. The third-order valence-corrected chi connectivity index (χ3v) is 3.30. The summed E-state index contributed by atoms with van der Waals surface area (Å²) in [4.78, 5) is 2.55. The van der Waals surface area contributed by atoms with Crippen LogP contribution in [-0.2, 0) is 0 Å². The van der Waals surface area contributed by atoms with Gasteiger partial charge in [-0.1, -0.05) is 0 Å². The lowest BCUT2D eigenvalue weighted by atomic mass is 10.3. The van der Waals surface area contributed by atoms with Crippen molar-refractivity contribution < 1.29 is 0 Å². The lowest BCUT2D eigenvalue weighted by molar-refractivity contribution is 0.268. The van der Waals surface area contributed by atoms with E-state index in [2.05, 4.69) is 30.3 Å². The zero-order valence-corrected chi connectivity index (χ0v) is 9.86. The fourth-order valence-electron chi connectivity index (χ4n) is 1.79. The Balaban J connectivity index is 2.10. The normalized spacial score (nSPS) is 24.5. The van der Waals surface area contributed by atoms with E-state index < -0.39 is 0 Å². The molecule has 1 N–H and O–H groups in total. The number of thioether (sulfide) groups is 1. The van der Waals surface area contributed by atoms with Crippen molar-refractivity contribution in [2.45, 2.75) is 32.4 Å². The molecule has 0 radical (unpaired) electrons. The Kier molecular flexibility index (Phi) is 5.14. The number of hydrogen-bond donors (Lipinski definition) is 1. The van der Waals surface area contributed by atoms with Crippen LogP contribution >= 0.6 is 11.8 Å². The summed E-state index contributed by atoms with van der Waals surface area (Å²) in [5.74, 6) is 1.23. The molecule has 0 saturated carbocycles. The van der Waals surface area contributed by atoms with Crippen molar-refractivity contribution in [1.29, 1.82) is 0 Å². The number of nitrogens with one attached hydrogen (secondary N) is 1. The molecule has 0 aliphatic carbocycles. The van der Waals surface area contributed by atoms with E-state index in [0.717, 1.165) is 12.6 Å². The number of likely N-dealkylation sites (tertiary alicyclic amines) is 1. The molecule has 0 aromatic heterocycles. The highest BCUT2D eigenvalue weighted by Gasteiger charge is 2.22. The molecule has 0 aromatic carbocycles. The van der Waals surface area contributed by atoms with E-state index in [1.165, 1.54) is 25.3 Å². The van der Waals surface area contributed by atoms with Crippen LogP contribution in [-0.4, -0.2) is 48.6 Å². The van der Waals surface area contributed by atoms with Crippen LogP contribution in [0.2, 0.25) is 0 Å². The summed E-state index contributed by atoms with van der Waals surface area (Å²) in [6.07, 6.45) is 3.49. The molecule has 78 valence electrons. The first-order valence-corrected chi connectivity index (χ1v) is 6.59. The smallest absolute Gasteiger partial charge is 0.0207 e. The zero-order valence-electron chi connectivity index (χ0n) is 9.05. The van der Waals surface area contributed by atoms with E-state index in [0.29, 0.717) is 6.04 Å². The molecule has 1 fully saturated rings. The molecule has 2 nitrogen and oxygen atoms in total. The first kappa shape index (κ1) is 11.3. The van der Waals surface area contributed by atoms with Crippen LogP contribution < -0.4 is 5.32 Å². The van der Waals surface area contributed by atoms with E-state index in [9.17, 15) is 0 Å². The van der Waals surface area contributed by atoms with Crippen molar-refractivity contribution >= 4 is 11.8 Å². The third kappa shape index (κ3) is 3.88. The van der Waals surface area contributed by atoms with Gasteiger partial charge in [0.15, 0.2) is 0 Å². The predicted octanol–water partition coefficient (Wildman–Crippen LogP) is 1.42. The van der Waals surface area contributed by atoms with Gasteiger partial charge in [-0.2, -0.15) is 11.8 Å². The van der Waals surface area contributed by atoms with Crippen LogP contribution in [0.3, 0.4) is 0 Å². The Hall–Kier alpha value is 0.270. The second-order valence-corrected chi connectivity index (χ2v) is 5.01. The van der Waals surface area contributed by atoms with Crippen LogP contribution in [0.5, 0.6) is 0 Å². The summed E-state index contributed by atoms with van der Waals surface area (Å²) < 4.78 is 0. The highest BCUT2D eigenvalue weighted by molar-refractivity contribution is 7.98. The monoisotopic (exact) mass is 202 g/mol. The van der Waals surface area contributed by atoms with E-state index in [1.54, 1.807) is 0 Å². The Morgan fingerprint density at radius 1 is 1.54 bits per heavy atom. The lowest BCUT2D eigenvalue weighted by Crippen LogP contribution is -2.36. The standard InChI is InChI=1S/C10H22N2S/c1-9(2)12-6-4-10(8-12)11-5-7-13-3/h9-11H,4-8H2,1-3H3. The highest BCUT2D eigenvalue weighted by Crippen LogP contribution is 2.11. The van der Waals surface area contributed by atoms with Gasteiger partial charge in [-0.3, -0.25) is 4.90 Å². The summed E-state index contributed by atoms with van der Waals surface area (Å²) in [5, 5.41) is 3.60. The maximum atomic E-state index is 3.60. The summed E-state index contributed by atoms with van der Waals surface area (Å²) >= 11 is 1.92. The van der Waals surface area contributed by atoms with Crippen molar-refractivity contribution in [3.05, 3.63) is 0 Å². The van der Waals surface area contributed by atoms with Gasteiger partial charge in [0, 0.05) is 30.9 Å². The minimum absolute atomic E-state index is 0.715. The van der Waals surface area contributed by atoms with Crippen LogP contribution in [0.1, 0.15) is 20.3 Å². The molecule has 1 rings (SSSR count). The van der Waals surface area contributed by atoms with E-state index in [4.69, 9.17) is 0 Å². The summed E-state index contributed by atoms with van der Waals surface area (Å²) in [6, 6.07) is 1.46. The van der Waals surface area contributed by atoms with Crippen molar-refractivity contribution in [2.24, 2.45) is 0 Å². The van der Waals surface area contributed by atoms with Gasteiger partial charge in [0.05, 0.1) is 0 Å². The molecular formula is C10H22N2S. The Morgan fingerprint density at radius 2 is 2.31 bits per heavy atom. The largest absolute Gasteiger partial charge is 0.312 e. The first-order chi connectivity index (χ1) is 6.24. The maximum absolute atomic E-state index is 3.60. The molecule has 1 aliphatic rings. The molecule has 3 heteroatoms. The summed E-state index contributed by atoms with van der Waals surface area (Å²) in [7, 11) is 0. The average molecular weight is 202 g/mol. The minimum Gasteiger partial charge on any atom is -0.312 e. The zero-order chi connectivity index (χ0) is 9.68. The Labute approximate surface area is 86.5 Å².